The molecule has 0 saturated heterocycles. The number of hydrogen-bond acceptors (Lipinski definition) is 2. The van der Waals surface area contributed by atoms with Gasteiger partial charge in [-0.05, 0) is 30.5 Å². The number of nitrogens with zero attached hydrogens (tertiary/aromatic N) is 2. The van der Waals surface area contributed by atoms with E-state index in [1.807, 2.05) is 23.0 Å². The zero-order valence-corrected chi connectivity index (χ0v) is 10.9. The number of nitrogens with two attached hydrogens (primary N) is 1. The number of aryl methyl sites for hydroxylation is 2. The fourth-order valence-corrected chi connectivity index (χ4v) is 1.73. The zero-order chi connectivity index (χ0) is 12.1. The van der Waals surface area contributed by atoms with Gasteiger partial charge >= 0.3 is 0 Å². The van der Waals surface area contributed by atoms with Crippen molar-refractivity contribution >= 4 is 12.4 Å². The first kappa shape index (κ1) is 14.7. The summed E-state index contributed by atoms with van der Waals surface area (Å²) >= 11 is 0. The first-order valence-corrected chi connectivity index (χ1v) is 5.74. The summed E-state index contributed by atoms with van der Waals surface area (Å²) in [4.78, 5) is 0. The first-order valence-electron chi connectivity index (χ1n) is 5.74. The van der Waals surface area contributed by atoms with Crippen LogP contribution in [-0.4, -0.2) is 9.78 Å². The summed E-state index contributed by atoms with van der Waals surface area (Å²) in [7, 11) is 0. The number of aromatic nitrogens is 2. The summed E-state index contributed by atoms with van der Waals surface area (Å²) < 4.78 is 14.6. The molecule has 0 spiro atoms. The molecular weight excluding hydrogens is 253 g/mol. The molecule has 0 aliphatic rings. The van der Waals surface area contributed by atoms with E-state index < -0.39 is 0 Å². The Labute approximate surface area is 112 Å². The van der Waals surface area contributed by atoms with Crippen LogP contribution in [0, 0.1) is 5.82 Å². The lowest BCUT2D eigenvalue weighted by Crippen LogP contribution is -2.00. The molecule has 1 heterocycles. The summed E-state index contributed by atoms with van der Waals surface area (Å²) in [6.45, 7) is 1.38. The van der Waals surface area contributed by atoms with E-state index in [0.29, 0.717) is 6.54 Å². The summed E-state index contributed by atoms with van der Waals surface area (Å²) in [5.41, 5.74) is 7.71. The van der Waals surface area contributed by atoms with Gasteiger partial charge in [0.05, 0.1) is 6.20 Å². The van der Waals surface area contributed by atoms with Gasteiger partial charge in [0.2, 0.25) is 0 Å². The van der Waals surface area contributed by atoms with E-state index >= 15 is 0 Å². The molecule has 3 nitrogen and oxygen atoms in total. The van der Waals surface area contributed by atoms with Gasteiger partial charge < -0.3 is 5.73 Å². The lowest BCUT2D eigenvalue weighted by atomic mass is 10.1. The molecule has 0 aliphatic carbocycles. The SMILES string of the molecule is Cl.NCc1cnn(CCCc2ccc(F)cc2)c1. The highest BCUT2D eigenvalue weighted by Gasteiger charge is 1.98. The van der Waals surface area contributed by atoms with Crippen LogP contribution in [0.1, 0.15) is 17.5 Å². The fourth-order valence-electron chi connectivity index (χ4n) is 1.73. The van der Waals surface area contributed by atoms with Crippen LogP contribution in [0.2, 0.25) is 0 Å². The lowest BCUT2D eigenvalue weighted by molar-refractivity contribution is 0.577. The quantitative estimate of drug-likeness (QED) is 0.907. The van der Waals surface area contributed by atoms with Crippen LogP contribution >= 0.6 is 12.4 Å². The van der Waals surface area contributed by atoms with Gasteiger partial charge in [-0.3, -0.25) is 4.68 Å². The van der Waals surface area contributed by atoms with E-state index in [9.17, 15) is 4.39 Å². The molecule has 0 aliphatic heterocycles. The Hall–Kier alpha value is -1.39. The molecule has 18 heavy (non-hydrogen) atoms. The third kappa shape index (κ3) is 4.13. The molecule has 5 heteroatoms. The maximum atomic E-state index is 12.7. The van der Waals surface area contributed by atoms with Crippen molar-refractivity contribution in [2.45, 2.75) is 25.9 Å². The number of halogens is 2. The van der Waals surface area contributed by atoms with E-state index in [2.05, 4.69) is 5.10 Å². The maximum absolute atomic E-state index is 12.7. The summed E-state index contributed by atoms with van der Waals surface area (Å²) in [5.74, 6) is -0.187. The molecule has 0 unspecified atom stereocenters. The summed E-state index contributed by atoms with van der Waals surface area (Å²) in [5, 5.41) is 4.21. The van der Waals surface area contributed by atoms with Crippen molar-refractivity contribution in [3.05, 3.63) is 53.6 Å². The van der Waals surface area contributed by atoms with E-state index in [1.54, 1.807) is 6.20 Å². The predicted octanol–water partition coefficient (Wildman–Crippen LogP) is 2.54. The van der Waals surface area contributed by atoms with Crippen molar-refractivity contribution in [3.8, 4) is 0 Å². The van der Waals surface area contributed by atoms with Crippen molar-refractivity contribution in [2.24, 2.45) is 5.73 Å². The number of rotatable bonds is 5. The van der Waals surface area contributed by atoms with E-state index in [0.717, 1.165) is 30.5 Å². The predicted molar refractivity (Wildman–Crippen MR) is 72.1 cm³/mol. The van der Waals surface area contributed by atoms with E-state index in [1.165, 1.54) is 12.1 Å². The van der Waals surface area contributed by atoms with Crippen molar-refractivity contribution in [1.82, 2.24) is 9.78 Å². The van der Waals surface area contributed by atoms with Gasteiger partial charge in [0.15, 0.2) is 0 Å². The van der Waals surface area contributed by atoms with Gasteiger partial charge in [-0.1, -0.05) is 12.1 Å². The zero-order valence-electron chi connectivity index (χ0n) is 10.1. The largest absolute Gasteiger partial charge is 0.326 e. The van der Waals surface area contributed by atoms with E-state index in [4.69, 9.17) is 5.73 Å². The molecule has 0 amide bonds. The van der Waals surface area contributed by atoms with Crippen molar-refractivity contribution < 1.29 is 4.39 Å². The summed E-state index contributed by atoms with van der Waals surface area (Å²) in [6.07, 6.45) is 5.66. The van der Waals surface area contributed by atoms with Crippen LogP contribution < -0.4 is 5.73 Å². The van der Waals surface area contributed by atoms with Gasteiger partial charge in [0.1, 0.15) is 5.82 Å². The molecule has 1 aromatic heterocycles. The third-order valence-electron chi connectivity index (χ3n) is 2.69. The molecule has 2 aromatic rings. The van der Waals surface area contributed by atoms with Crippen LogP contribution in [0.25, 0.3) is 0 Å². The number of benzene rings is 1. The Balaban J connectivity index is 0.00000162. The van der Waals surface area contributed by atoms with Crippen LogP contribution in [0.15, 0.2) is 36.7 Å². The maximum Gasteiger partial charge on any atom is 0.123 e. The molecule has 1 aromatic carbocycles. The molecule has 0 fully saturated rings. The molecule has 2 N–H and O–H groups in total. The third-order valence-corrected chi connectivity index (χ3v) is 2.69. The lowest BCUT2D eigenvalue weighted by Gasteiger charge is -2.02. The van der Waals surface area contributed by atoms with Gasteiger partial charge in [0.25, 0.3) is 0 Å². The van der Waals surface area contributed by atoms with Crippen LogP contribution in [0.4, 0.5) is 4.39 Å². The van der Waals surface area contributed by atoms with Crippen molar-refractivity contribution in [3.63, 3.8) is 0 Å². The molecule has 98 valence electrons. The van der Waals surface area contributed by atoms with Crippen molar-refractivity contribution in [2.75, 3.05) is 0 Å². The van der Waals surface area contributed by atoms with Crippen LogP contribution in [0.3, 0.4) is 0 Å². The monoisotopic (exact) mass is 269 g/mol. The van der Waals surface area contributed by atoms with Gasteiger partial charge in [0, 0.05) is 24.8 Å². The minimum absolute atomic E-state index is 0. The van der Waals surface area contributed by atoms with E-state index in [-0.39, 0.29) is 18.2 Å². The Morgan fingerprint density at radius 2 is 1.89 bits per heavy atom. The fraction of sp³-hybridized carbons (Fsp3) is 0.308. The smallest absolute Gasteiger partial charge is 0.123 e. The minimum atomic E-state index is -0.187. The first-order chi connectivity index (χ1) is 8.28. The minimum Gasteiger partial charge on any atom is -0.326 e. The van der Waals surface area contributed by atoms with Crippen molar-refractivity contribution in [1.29, 1.82) is 0 Å². The second-order valence-electron chi connectivity index (χ2n) is 4.05. The summed E-state index contributed by atoms with van der Waals surface area (Å²) in [6, 6.07) is 6.64. The average Bonchev–Trinajstić information content (AvgIpc) is 2.80. The second kappa shape index (κ2) is 7.13. The molecular formula is C13H17ClFN3. The number of hydrogen-bond donors (Lipinski definition) is 1. The molecule has 0 atom stereocenters. The van der Waals surface area contributed by atoms with Gasteiger partial charge in [-0.25, -0.2) is 4.39 Å². The molecule has 2 rings (SSSR count). The van der Waals surface area contributed by atoms with Crippen LogP contribution in [0.5, 0.6) is 0 Å². The molecule has 0 radical (unpaired) electrons. The molecule has 0 bridgehead atoms. The Morgan fingerprint density at radius 3 is 2.50 bits per heavy atom. The highest BCUT2D eigenvalue weighted by atomic mass is 35.5. The standard InChI is InChI=1S/C13H16FN3.ClH/c14-13-5-3-11(4-6-13)2-1-7-17-10-12(8-15)9-16-17;/h3-6,9-10H,1-2,7-8,15H2;1H. The second-order valence-corrected chi connectivity index (χ2v) is 4.05. The topological polar surface area (TPSA) is 43.8 Å². The Bertz CT molecular complexity index is 467. The normalized spacial score (nSPS) is 10.1. The average molecular weight is 270 g/mol. The van der Waals surface area contributed by atoms with Gasteiger partial charge in [-0.2, -0.15) is 5.10 Å². The van der Waals surface area contributed by atoms with Crippen LogP contribution in [-0.2, 0) is 19.5 Å². The highest BCUT2D eigenvalue weighted by Crippen LogP contribution is 2.06. The highest BCUT2D eigenvalue weighted by molar-refractivity contribution is 5.85. The van der Waals surface area contributed by atoms with Gasteiger partial charge in [-0.15, -0.1) is 12.4 Å². The molecule has 0 saturated carbocycles. The Morgan fingerprint density at radius 1 is 1.17 bits per heavy atom. The Kier molecular flexibility index (Phi) is 5.82.